The molecule has 1 unspecified atom stereocenters. The van der Waals surface area contributed by atoms with Crippen molar-refractivity contribution in [1.82, 2.24) is 20.0 Å². The highest BCUT2D eigenvalue weighted by Crippen LogP contribution is 2.20. The zero-order valence-electron chi connectivity index (χ0n) is 18.7. The number of ether oxygens (including phenoxy) is 1. The Labute approximate surface area is 189 Å². The van der Waals surface area contributed by atoms with Crippen LogP contribution in [-0.4, -0.2) is 53.4 Å². The third kappa shape index (κ3) is 5.33. The third-order valence-electron chi connectivity index (χ3n) is 5.81. The summed E-state index contributed by atoms with van der Waals surface area (Å²) in [6.07, 6.45) is 3.48. The van der Waals surface area contributed by atoms with Gasteiger partial charge < -0.3 is 10.1 Å². The molecule has 32 heavy (non-hydrogen) atoms. The van der Waals surface area contributed by atoms with E-state index in [0.717, 1.165) is 61.1 Å². The minimum absolute atomic E-state index is 0.0827. The van der Waals surface area contributed by atoms with Crippen LogP contribution in [0, 0.1) is 13.8 Å². The van der Waals surface area contributed by atoms with Crippen molar-refractivity contribution in [2.45, 2.75) is 19.9 Å². The molecule has 6 heteroatoms. The average molecular weight is 431 g/mol. The molecule has 0 spiro atoms. The van der Waals surface area contributed by atoms with Gasteiger partial charge in [0, 0.05) is 37.0 Å². The van der Waals surface area contributed by atoms with Gasteiger partial charge in [0.05, 0.1) is 30.6 Å². The summed E-state index contributed by atoms with van der Waals surface area (Å²) in [5.41, 5.74) is 4.97. The lowest BCUT2D eigenvalue weighted by molar-refractivity contribution is -0.117. The monoisotopic (exact) mass is 430 g/mol. The number of hydrogen-bond acceptors (Lipinski definition) is 4. The van der Waals surface area contributed by atoms with E-state index in [2.05, 4.69) is 27.4 Å². The number of carbonyl (C=O) groups is 1. The Kier molecular flexibility index (Phi) is 7.14. The molecule has 1 fully saturated rings. The van der Waals surface area contributed by atoms with Gasteiger partial charge in [0.25, 0.3) is 0 Å². The molecule has 0 saturated carbocycles. The van der Waals surface area contributed by atoms with Crippen LogP contribution < -0.4 is 5.32 Å². The number of aryl methyl sites for hydroxylation is 1. The summed E-state index contributed by atoms with van der Waals surface area (Å²) in [6, 6.07) is 20.1. The molecule has 0 bridgehead atoms. The quantitative estimate of drug-likeness (QED) is 0.581. The van der Waals surface area contributed by atoms with Gasteiger partial charge in [-0.15, -0.1) is 0 Å². The molecule has 2 aromatic carbocycles. The number of nitrogens with zero attached hydrogens (tertiary/aromatic N) is 3. The SMILES string of the molecule is Cc1nn(-c2ccccc2)c(C)c1/C=C/C(=O)NC(CN1CCOCC1)c1ccccc1. The van der Waals surface area contributed by atoms with Gasteiger partial charge >= 0.3 is 0 Å². The highest BCUT2D eigenvalue weighted by molar-refractivity contribution is 5.92. The van der Waals surface area contributed by atoms with E-state index in [0.29, 0.717) is 0 Å². The Hall–Kier alpha value is -3.22. The summed E-state index contributed by atoms with van der Waals surface area (Å²) in [4.78, 5) is 15.2. The van der Waals surface area contributed by atoms with Crippen LogP contribution in [0.2, 0.25) is 0 Å². The van der Waals surface area contributed by atoms with Crippen LogP contribution >= 0.6 is 0 Å². The van der Waals surface area contributed by atoms with Crippen LogP contribution in [0.1, 0.15) is 28.6 Å². The number of carbonyl (C=O) groups excluding carboxylic acids is 1. The van der Waals surface area contributed by atoms with Gasteiger partial charge in [-0.25, -0.2) is 4.68 Å². The maximum Gasteiger partial charge on any atom is 0.244 e. The molecule has 1 aromatic heterocycles. The first-order valence-corrected chi connectivity index (χ1v) is 11.1. The van der Waals surface area contributed by atoms with Gasteiger partial charge in [0.15, 0.2) is 0 Å². The normalized spacial score (nSPS) is 15.7. The van der Waals surface area contributed by atoms with Crippen molar-refractivity contribution in [1.29, 1.82) is 0 Å². The Bertz CT molecular complexity index is 1050. The second-order valence-corrected chi connectivity index (χ2v) is 8.05. The van der Waals surface area contributed by atoms with Crippen LogP contribution in [0.4, 0.5) is 0 Å². The van der Waals surface area contributed by atoms with E-state index in [9.17, 15) is 4.79 Å². The van der Waals surface area contributed by atoms with Crippen LogP contribution in [0.25, 0.3) is 11.8 Å². The zero-order valence-corrected chi connectivity index (χ0v) is 18.7. The van der Waals surface area contributed by atoms with Crippen molar-refractivity contribution in [3.8, 4) is 5.69 Å². The van der Waals surface area contributed by atoms with E-state index in [1.165, 1.54) is 0 Å². The molecule has 2 heterocycles. The smallest absolute Gasteiger partial charge is 0.244 e. The fraction of sp³-hybridized carbons (Fsp3) is 0.308. The van der Waals surface area contributed by atoms with Crippen LogP contribution in [0.5, 0.6) is 0 Å². The summed E-state index contributed by atoms with van der Waals surface area (Å²) >= 11 is 0. The number of morpholine rings is 1. The summed E-state index contributed by atoms with van der Waals surface area (Å²) in [5.74, 6) is -0.113. The van der Waals surface area contributed by atoms with Crippen molar-refractivity contribution in [3.05, 3.63) is 89.3 Å². The maximum atomic E-state index is 12.9. The molecule has 3 aromatic rings. The van der Waals surface area contributed by atoms with E-state index in [4.69, 9.17) is 4.74 Å². The van der Waals surface area contributed by atoms with Gasteiger partial charge in [-0.2, -0.15) is 5.10 Å². The largest absolute Gasteiger partial charge is 0.379 e. The molecule has 6 nitrogen and oxygen atoms in total. The Balaban J connectivity index is 1.49. The Morgan fingerprint density at radius 3 is 2.41 bits per heavy atom. The van der Waals surface area contributed by atoms with E-state index >= 15 is 0 Å². The molecule has 1 amide bonds. The number of nitrogens with one attached hydrogen (secondary N) is 1. The molecule has 1 saturated heterocycles. The van der Waals surface area contributed by atoms with Crippen LogP contribution in [0.15, 0.2) is 66.7 Å². The molecule has 1 N–H and O–H groups in total. The van der Waals surface area contributed by atoms with Gasteiger partial charge in [-0.1, -0.05) is 48.5 Å². The van der Waals surface area contributed by atoms with E-state index < -0.39 is 0 Å². The predicted molar refractivity (Wildman–Crippen MR) is 127 cm³/mol. The lowest BCUT2D eigenvalue weighted by atomic mass is 10.1. The van der Waals surface area contributed by atoms with Crippen LogP contribution in [-0.2, 0) is 9.53 Å². The number of aromatic nitrogens is 2. The summed E-state index contributed by atoms with van der Waals surface area (Å²) in [7, 11) is 0. The first-order valence-electron chi connectivity index (χ1n) is 11.1. The van der Waals surface area contributed by atoms with Gasteiger partial charge in [0.1, 0.15) is 0 Å². The molecule has 1 aliphatic rings. The van der Waals surface area contributed by atoms with Crippen LogP contribution in [0.3, 0.4) is 0 Å². The standard InChI is InChI=1S/C26H30N4O2/c1-20-24(21(2)30(28-20)23-11-7-4-8-12-23)13-14-26(31)27-25(22-9-5-3-6-10-22)19-29-15-17-32-18-16-29/h3-14,25H,15-19H2,1-2H3,(H,27,31)/b14-13+. The minimum atomic E-state index is -0.113. The topological polar surface area (TPSA) is 59.4 Å². The van der Waals surface area contributed by atoms with Crippen molar-refractivity contribution in [3.63, 3.8) is 0 Å². The molecule has 166 valence electrons. The molecule has 1 aliphatic heterocycles. The lowest BCUT2D eigenvalue weighted by Gasteiger charge is -2.31. The van der Waals surface area contributed by atoms with Gasteiger partial charge in [-0.3, -0.25) is 9.69 Å². The number of benzene rings is 2. The maximum absolute atomic E-state index is 12.9. The van der Waals surface area contributed by atoms with Crippen molar-refractivity contribution >= 4 is 12.0 Å². The highest BCUT2D eigenvalue weighted by atomic mass is 16.5. The third-order valence-corrected chi connectivity index (χ3v) is 5.81. The number of amides is 1. The average Bonchev–Trinajstić information content (AvgIpc) is 3.12. The molecule has 0 aliphatic carbocycles. The molecule has 4 rings (SSSR count). The molecule has 0 radical (unpaired) electrons. The van der Waals surface area contributed by atoms with Crippen molar-refractivity contribution < 1.29 is 9.53 Å². The summed E-state index contributed by atoms with van der Waals surface area (Å²) in [6.45, 7) is 7.98. The molecule has 1 atom stereocenters. The van der Waals surface area contributed by atoms with E-state index in [1.54, 1.807) is 6.08 Å². The second kappa shape index (κ2) is 10.4. The first kappa shape index (κ1) is 22.0. The van der Waals surface area contributed by atoms with Crippen molar-refractivity contribution in [2.75, 3.05) is 32.8 Å². The predicted octanol–water partition coefficient (Wildman–Crippen LogP) is 3.69. The highest BCUT2D eigenvalue weighted by Gasteiger charge is 2.19. The number of rotatable bonds is 7. The Morgan fingerprint density at radius 2 is 1.72 bits per heavy atom. The van der Waals surface area contributed by atoms with Gasteiger partial charge in [0.2, 0.25) is 5.91 Å². The molecular formula is C26H30N4O2. The van der Waals surface area contributed by atoms with Crippen molar-refractivity contribution in [2.24, 2.45) is 0 Å². The first-order chi connectivity index (χ1) is 15.6. The lowest BCUT2D eigenvalue weighted by Crippen LogP contribution is -2.42. The summed E-state index contributed by atoms with van der Waals surface area (Å²) in [5, 5.41) is 7.85. The summed E-state index contributed by atoms with van der Waals surface area (Å²) < 4.78 is 7.38. The Morgan fingerprint density at radius 1 is 1.06 bits per heavy atom. The number of para-hydroxylation sites is 1. The van der Waals surface area contributed by atoms with Gasteiger partial charge in [-0.05, 0) is 37.6 Å². The minimum Gasteiger partial charge on any atom is -0.379 e. The second-order valence-electron chi connectivity index (χ2n) is 8.05. The molecular weight excluding hydrogens is 400 g/mol. The fourth-order valence-corrected chi connectivity index (χ4v) is 4.06. The zero-order chi connectivity index (χ0) is 22.3. The van der Waals surface area contributed by atoms with E-state index in [-0.39, 0.29) is 11.9 Å². The number of hydrogen-bond donors (Lipinski definition) is 1. The fourth-order valence-electron chi connectivity index (χ4n) is 4.06. The van der Waals surface area contributed by atoms with E-state index in [1.807, 2.05) is 73.1 Å².